The molecule has 0 unspecified atom stereocenters. The van der Waals surface area contributed by atoms with Crippen LogP contribution in [-0.2, 0) is 0 Å². The van der Waals surface area contributed by atoms with E-state index in [1.807, 2.05) is 0 Å². The molecule has 0 aliphatic carbocycles. The van der Waals surface area contributed by atoms with Gasteiger partial charge in [-0.1, -0.05) is 0 Å². The minimum Gasteiger partial charge on any atom is -0.507 e. The van der Waals surface area contributed by atoms with Crippen LogP contribution < -0.4 is 5.63 Å². The minimum absolute atomic E-state index is 0.105. The van der Waals surface area contributed by atoms with Crippen LogP contribution in [0.2, 0.25) is 0 Å². The Labute approximate surface area is 79.0 Å². The summed E-state index contributed by atoms with van der Waals surface area (Å²) in [5.74, 6) is 0.263. The number of nitrogens with one attached hydrogen (secondary N) is 1. The number of hydrogen-bond donors (Lipinski definition) is 2. The van der Waals surface area contributed by atoms with Gasteiger partial charge in [0.25, 0.3) is 0 Å². The first-order valence-electron chi connectivity index (χ1n) is 4.02. The third-order valence-corrected chi connectivity index (χ3v) is 1.82. The smallest absolute Gasteiger partial charge is 0.349 e. The molecule has 0 saturated carbocycles. The van der Waals surface area contributed by atoms with Gasteiger partial charge in [-0.2, -0.15) is 5.10 Å². The molecule has 0 atom stereocenters. The fraction of sp³-hybridized carbons (Fsp3) is 0.111. The highest BCUT2D eigenvalue weighted by molar-refractivity contribution is 5.64. The van der Waals surface area contributed by atoms with Gasteiger partial charge in [-0.3, -0.25) is 5.10 Å². The monoisotopic (exact) mass is 192 g/mol. The van der Waals surface area contributed by atoms with Gasteiger partial charge >= 0.3 is 5.63 Å². The molecule has 2 aromatic heterocycles. The molecule has 72 valence electrons. The van der Waals surface area contributed by atoms with E-state index in [1.54, 1.807) is 13.0 Å². The average molecular weight is 192 g/mol. The maximum Gasteiger partial charge on any atom is 0.349 e. The molecule has 0 spiro atoms. The van der Waals surface area contributed by atoms with E-state index in [-0.39, 0.29) is 11.3 Å². The Hall–Kier alpha value is -2.04. The van der Waals surface area contributed by atoms with Crippen LogP contribution in [0.1, 0.15) is 5.76 Å². The molecule has 2 N–H and O–H groups in total. The Morgan fingerprint density at radius 1 is 1.57 bits per heavy atom. The van der Waals surface area contributed by atoms with E-state index in [9.17, 15) is 9.90 Å². The topological polar surface area (TPSA) is 79.1 Å². The summed E-state index contributed by atoms with van der Waals surface area (Å²) in [7, 11) is 0. The second kappa shape index (κ2) is 3.02. The molecule has 2 heterocycles. The summed E-state index contributed by atoms with van der Waals surface area (Å²) in [4.78, 5) is 11.4. The maximum absolute atomic E-state index is 11.4. The van der Waals surface area contributed by atoms with Gasteiger partial charge < -0.3 is 9.52 Å². The number of nitrogens with zero attached hydrogens (tertiary/aromatic N) is 1. The van der Waals surface area contributed by atoms with Crippen molar-refractivity contribution in [3.63, 3.8) is 0 Å². The van der Waals surface area contributed by atoms with Crippen molar-refractivity contribution in [1.29, 1.82) is 0 Å². The van der Waals surface area contributed by atoms with Crippen LogP contribution in [0.3, 0.4) is 0 Å². The summed E-state index contributed by atoms with van der Waals surface area (Å²) < 4.78 is 4.85. The van der Waals surface area contributed by atoms with E-state index < -0.39 is 5.63 Å². The summed E-state index contributed by atoms with van der Waals surface area (Å²) in [6, 6.07) is 2.97. The number of hydrogen-bond acceptors (Lipinski definition) is 4. The van der Waals surface area contributed by atoms with Crippen molar-refractivity contribution in [3.05, 3.63) is 34.5 Å². The number of aromatic hydroxyl groups is 1. The Kier molecular flexibility index (Phi) is 1.85. The molecule has 2 aromatic rings. The van der Waals surface area contributed by atoms with Crippen LogP contribution in [-0.4, -0.2) is 15.3 Å². The highest BCUT2D eigenvalue weighted by Crippen LogP contribution is 2.23. The molecule has 0 fully saturated rings. The standard InChI is InChI=1S/C9H8N2O3/c1-5-4-7(12)8(9(13)14-5)6-2-3-10-11-6/h2-4,12H,1H3,(H,10,11). The zero-order chi connectivity index (χ0) is 10.1. The van der Waals surface area contributed by atoms with Gasteiger partial charge in [0.15, 0.2) is 0 Å². The van der Waals surface area contributed by atoms with E-state index in [4.69, 9.17) is 4.42 Å². The van der Waals surface area contributed by atoms with Crippen molar-refractivity contribution in [2.45, 2.75) is 6.92 Å². The first-order chi connectivity index (χ1) is 6.68. The van der Waals surface area contributed by atoms with E-state index in [1.165, 1.54) is 12.3 Å². The van der Waals surface area contributed by atoms with Crippen LogP contribution in [0.4, 0.5) is 0 Å². The van der Waals surface area contributed by atoms with Gasteiger partial charge in [-0.05, 0) is 13.0 Å². The molecule has 0 aromatic carbocycles. The van der Waals surface area contributed by atoms with Gasteiger partial charge in [-0.25, -0.2) is 4.79 Å². The van der Waals surface area contributed by atoms with Crippen LogP contribution in [0.25, 0.3) is 11.3 Å². The Morgan fingerprint density at radius 3 is 2.93 bits per heavy atom. The Bertz CT molecular complexity index is 499. The van der Waals surface area contributed by atoms with Crippen LogP contribution in [0, 0.1) is 6.92 Å². The van der Waals surface area contributed by atoms with Gasteiger partial charge in [-0.15, -0.1) is 0 Å². The Morgan fingerprint density at radius 2 is 2.36 bits per heavy atom. The lowest BCUT2D eigenvalue weighted by molar-refractivity contribution is 0.438. The summed E-state index contributed by atoms with van der Waals surface area (Å²) >= 11 is 0. The zero-order valence-corrected chi connectivity index (χ0v) is 7.44. The normalized spacial score (nSPS) is 10.4. The number of aryl methyl sites for hydroxylation is 1. The molecule has 0 aliphatic heterocycles. The lowest BCUT2D eigenvalue weighted by Gasteiger charge is -2.00. The predicted octanol–water partition coefficient (Wildman–Crippen LogP) is 1.04. The van der Waals surface area contributed by atoms with E-state index in [0.717, 1.165) is 0 Å². The van der Waals surface area contributed by atoms with Gasteiger partial charge in [0.1, 0.15) is 17.1 Å². The lowest BCUT2D eigenvalue weighted by atomic mass is 10.2. The van der Waals surface area contributed by atoms with Crippen molar-refractivity contribution in [2.24, 2.45) is 0 Å². The molecule has 0 radical (unpaired) electrons. The van der Waals surface area contributed by atoms with Gasteiger partial charge in [0.05, 0.1) is 5.69 Å². The number of aromatic amines is 1. The summed E-state index contributed by atoms with van der Waals surface area (Å²) in [6.45, 7) is 1.60. The highest BCUT2D eigenvalue weighted by Gasteiger charge is 2.12. The molecule has 5 nitrogen and oxygen atoms in total. The quantitative estimate of drug-likeness (QED) is 0.707. The number of H-pyrrole nitrogens is 1. The first kappa shape index (κ1) is 8.55. The molecule has 0 saturated heterocycles. The van der Waals surface area contributed by atoms with Crippen molar-refractivity contribution >= 4 is 0 Å². The zero-order valence-electron chi connectivity index (χ0n) is 7.44. The number of aromatic nitrogens is 2. The molecule has 0 bridgehead atoms. The molecule has 5 heteroatoms. The van der Waals surface area contributed by atoms with Crippen molar-refractivity contribution < 1.29 is 9.52 Å². The second-order valence-corrected chi connectivity index (χ2v) is 2.88. The molecular weight excluding hydrogens is 184 g/mol. The van der Waals surface area contributed by atoms with E-state index in [2.05, 4.69) is 10.2 Å². The minimum atomic E-state index is -0.577. The highest BCUT2D eigenvalue weighted by atomic mass is 16.4. The van der Waals surface area contributed by atoms with Gasteiger partial charge in [0.2, 0.25) is 0 Å². The lowest BCUT2D eigenvalue weighted by Crippen LogP contribution is -2.04. The summed E-state index contributed by atoms with van der Waals surface area (Å²) in [6.07, 6.45) is 1.49. The fourth-order valence-corrected chi connectivity index (χ4v) is 1.24. The van der Waals surface area contributed by atoms with Crippen LogP contribution in [0.15, 0.2) is 27.5 Å². The third-order valence-electron chi connectivity index (χ3n) is 1.82. The molecular formula is C9H8N2O3. The number of rotatable bonds is 1. The van der Waals surface area contributed by atoms with Crippen molar-refractivity contribution in [3.8, 4) is 17.0 Å². The molecule has 0 amide bonds. The largest absolute Gasteiger partial charge is 0.507 e. The fourth-order valence-electron chi connectivity index (χ4n) is 1.24. The van der Waals surface area contributed by atoms with Gasteiger partial charge in [0, 0.05) is 12.3 Å². The van der Waals surface area contributed by atoms with E-state index in [0.29, 0.717) is 11.5 Å². The van der Waals surface area contributed by atoms with Crippen LogP contribution in [0.5, 0.6) is 5.75 Å². The molecule has 14 heavy (non-hydrogen) atoms. The Balaban J connectivity index is 2.71. The van der Waals surface area contributed by atoms with Crippen molar-refractivity contribution in [2.75, 3.05) is 0 Å². The first-order valence-corrected chi connectivity index (χ1v) is 4.02. The van der Waals surface area contributed by atoms with Crippen molar-refractivity contribution in [1.82, 2.24) is 10.2 Å². The predicted molar refractivity (Wildman–Crippen MR) is 49.0 cm³/mol. The molecule has 2 rings (SSSR count). The molecule has 0 aliphatic rings. The SMILES string of the molecule is Cc1cc(O)c(-c2ccn[nH]2)c(=O)o1. The summed E-state index contributed by atoms with van der Waals surface area (Å²) in [5, 5.41) is 15.8. The summed E-state index contributed by atoms with van der Waals surface area (Å²) in [5.41, 5.74) is -0.0314. The maximum atomic E-state index is 11.4. The second-order valence-electron chi connectivity index (χ2n) is 2.88. The third kappa shape index (κ3) is 1.28. The average Bonchev–Trinajstić information content (AvgIpc) is 2.54. The van der Waals surface area contributed by atoms with E-state index >= 15 is 0 Å². The van der Waals surface area contributed by atoms with Crippen LogP contribution >= 0.6 is 0 Å².